The Bertz CT molecular complexity index is 109. The van der Waals surface area contributed by atoms with E-state index in [1.165, 1.54) is 31.3 Å². The zero-order valence-corrected chi connectivity index (χ0v) is 10.7. The maximum atomic E-state index is 6.12. The van der Waals surface area contributed by atoms with Crippen LogP contribution < -0.4 is 0 Å². The van der Waals surface area contributed by atoms with Gasteiger partial charge in [0.05, 0.1) is 25.1 Å². The van der Waals surface area contributed by atoms with Crippen molar-refractivity contribution in [2.75, 3.05) is 25.1 Å². The minimum atomic E-state index is -0.994. The van der Waals surface area contributed by atoms with Crippen molar-refractivity contribution >= 4 is 7.49 Å². The summed E-state index contributed by atoms with van der Waals surface area (Å²) >= 11 is 0. The molecule has 0 fully saturated rings. The van der Waals surface area contributed by atoms with Gasteiger partial charge in [0.15, 0.2) is 0 Å². The van der Waals surface area contributed by atoms with Crippen molar-refractivity contribution in [2.45, 2.75) is 47.0 Å². The predicted molar refractivity (Wildman–Crippen MR) is 64.0 cm³/mol. The van der Waals surface area contributed by atoms with E-state index in [9.17, 15) is 0 Å². The van der Waals surface area contributed by atoms with Gasteiger partial charge in [-0.25, -0.2) is 4.52 Å². The molecule has 0 aromatic heterocycles. The van der Waals surface area contributed by atoms with E-state index in [4.69, 9.17) is 4.52 Å². The highest BCUT2D eigenvalue weighted by Crippen LogP contribution is 2.60. The van der Waals surface area contributed by atoms with Crippen molar-refractivity contribution in [1.82, 2.24) is 0 Å². The third kappa shape index (κ3) is 4.98. The molecule has 0 aliphatic heterocycles. The first kappa shape index (κ1) is 13.4. The molecule has 0 aliphatic rings. The monoisotopic (exact) mass is 205 g/mol. The van der Waals surface area contributed by atoms with Crippen LogP contribution in [0.25, 0.3) is 0 Å². The third-order valence-electron chi connectivity index (χ3n) is 2.41. The van der Waals surface area contributed by atoms with Gasteiger partial charge >= 0.3 is 0 Å². The molecule has 80 valence electrons. The molecule has 0 unspecified atom stereocenters. The van der Waals surface area contributed by atoms with Gasteiger partial charge in [-0.3, -0.25) is 0 Å². The molecule has 0 aromatic rings. The second-order valence-corrected chi connectivity index (χ2v) is 7.56. The van der Waals surface area contributed by atoms with Crippen LogP contribution >= 0.6 is 7.49 Å². The van der Waals surface area contributed by atoms with Crippen molar-refractivity contribution in [3.05, 3.63) is 0 Å². The second-order valence-electron chi connectivity index (χ2n) is 3.65. The largest absolute Gasteiger partial charge is 0.238 e. The Morgan fingerprint density at radius 3 is 1.69 bits per heavy atom. The van der Waals surface area contributed by atoms with Gasteiger partial charge in [-0.15, -0.1) is 0 Å². The van der Waals surface area contributed by atoms with Crippen molar-refractivity contribution in [3.8, 4) is 0 Å². The topological polar surface area (TPSA) is 9.23 Å². The van der Waals surface area contributed by atoms with Crippen LogP contribution in [0.5, 0.6) is 0 Å². The summed E-state index contributed by atoms with van der Waals surface area (Å²) < 4.78 is 6.12. The average Bonchev–Trinajstić information content (AvgIpc) is 2.15. The first-order valence-electron chi connectivity index (χ1n) is 5.75. The SMILES string of the molecule is CCCO[P+](CC)(CCC)CCC. The van der Waals surface area contributed by atoms with Crippen LogP contribution in [0.2, 0.25) is 0 Å². The van der Waals surface area contributed by atoms with Gasteiger partial charge in [0.1, 0.15) is 7.49 Å². The van der Waals surface area contributed by atoms with E-state index < -0.39 is 7.49 Å². The summed E-state index contributed by atoms with van der Waals surface area (Å²) in [5.41, 5.74) is 0. The summed E-state index contributed by atoms with van der Waals surface area (Å²) in [5, 5.41) is 0. The van der Waals surface area contributed by atoms with Gasteiger partial charge < -0.3 is 0 Å². The van der Waals surface area contributed by atoms with Crippen LogP contribution in [-0.2, 0) is 4.52 Å². The van der Waals surface area contributed by atoms with Gasteiger partial charge in [0.25, 0.3) is 0 Å². The van der Waals surface area contributed by atoms with E-state index in [0.29, 0.717) is 0 Å². The summed E-state index contributed by atoms with van der Waals surface area (Å²) in [6.07, 6.45) is 7.66. The van der Waals surface area contributed by atoms with E-state index in [2.05, 4.69) is 27.7 Å². The molecule has 0 saturated carbocycles. The standard InChI is InChI=1S/C11H26OP/c1-5-9-12-13(8-4,10-6-2)11-7-3/h5-11H2,1-4H3/q+1. The Hall–Kier alpha value is 0.390. The first-order valence-corrected chi connectivity index (χ1v) is 8.01. The Labute approximate surface area is 84.7 Å². The highest BCUT2D eigenvalue weighted by atomic mass is 31.2. The molecule has 0 bridgehead atoms. The van der Waals surface area contributed by atoms with Crippen LogP contribution in [0.15, 0.2) is 0 Å². The summed E-state index contributed by atoms with van der Waals surface area (Å²) in [6, 6.07) is 0. The van der Waals surface area contributed by atoms with Crippen molar-refractivity contribution in [3.63, 3.8) is 0 Å². The lowest BCUT2D eigenvalue weighted by Gasteiger charge is -2.23. The molecule has 2 heteroatoms. The number of hydrogen-bond donors (Lipinski definition) is 0. The molecule has 0 amide bonds. The lowest BCUT2D eigenvalue weighted by Crippen LogP contribution is -2.10. The van der Waals surface area contributed by atoms with Gasteiger partial charge in [0, 0.05) is 0 Å². The average molecular weight is 205 g/mol. The minimum absolute atomic E-state index is 0.974. The highest BCUT2D eigenvalue weighted by Gasteiger charge is 2.35. The van der Waals surface area contributed by atoms with Crippen LogP contribution in [0.4, 0.5) is 0 Å². The Morgan fingerprint density at radius 1 is 0.846 bits per heavy atom. The Morgan fingerprint density at radius 2 is 1.38 bits per heavy atom. The van der Waals surface area contributed by atoms with E-state index >= 15 is 0 Å². The predicted octanol–water partition coefficient (Wildman–Crippen LogP) is 4.19. The maximum absolute atomic E-state index is 6.12. The molecule has 0 heterocycles. The molecule has 0 radical (unpaired) electrons. The lowest BCUT2D eigenvalue weighted by molar-refractivity contribution is 0.338. The molecular formula is C11H26OP+. The molecular weight excluding hydrogens is 179 g/mol. The van der Waals surface area contributed by atoms with Gasteiger partial charge in [-0.2, -0.15) is 0 Å². The van der Waals surface area contributed by atoms with Crippen molar-refractivity contribution < 1.29 is 4.52 Å². The molecule has 0 atom stereocenters. The fraction of sp³-hybridized carbons (Fsp3) is 1.00. The maximum Gasteiger partial charge on any atom is 0.145 e. The lowest BCUT2D eigenvalue weighted by atomic mass is 10.5. The van der Waals surface area contributed by atoms with Crippen LogP contribution in [0.1, 0.15) is 47.0 Å². The van der Waals surface area contributed by atoms with Crippen LogP contribution in [0.3, 0.4) is 0 Å². The summed E-state index contributed by atoms with van der Waals surface area (Å²) in [6.45, 7) is 10.0. The molecule has 0 aliphatic carbocycles. The van der Waals surface area contributed by atoms with E-state index in [1.54, 1.807) is 0 Å². The quantitative estimate of drug-likeness (QED) is 0.540. The van der Waals surface area contributed by atoms with E-state index in [1.807, 2.05) is 0 Å². The molecule has 1 nitrogen and oxygen atoms in total. The zero-order valence-electron chi connectivity index (χ0n) is 9.81. The first-order chi connectivity index (χ1) is 6.24. The van der Waals surface area contributed by atoms with Gasteiger partial charge in [-0.1, -0.05) is 20.8 Å². The Kier molecular flexibility index (Phi) is 8.00. The molecule has 0 N–H and O–H groups in total. The van der Waals surface area contributed by atoms with E-state index in [0.717, 1.165) is 13.0 Å². The summed E-state index contributed by atoms with van der Waals surface area (Å²) in [7, 11) is -0.994. The molecule has 0 aromatic carbocycles. The smallest absolute Gasteiger partial charge is 0.145 e. The van der Waals surface area contributed by atoms with E-state index in [-0.39, 0.29) is 0 Å². The van der Waals surface area contributed by atoms with Crippen molar-refractivity contribution in [1.29, 1.82) is 0 Å². The van der Waals surface area contributed by atoms with Crippen LogP contribution in [0, 0.1) is 0 Å². The number of hydrogen-bond acceptors (Lipinski definition) is 1. The number of rotatable bonds is 8. The fourth-order valence-corrected chi connectivity index (χ4v) is 5.25. The minimum Gasteiger partial charge on any atom is -0.238 e. The summed E-state index contributed by atoms with van der Waals surface area (Å²) in [4.78, 5) is 0. The highest BCUT2D eigenvalue weighted by molar-refractivity contribution is 7.71. The summed E-state index contributed by atoms with van der Waals surface area (Å²) in [5.74, 6) is 0. The van der Waals surface area contributed by atoms with Gasteiger partial charge in [0.2, 0.25) is 0 Å². The Balaban J connectivity index is 4.07. The molecule has 0 saturated heterocycles. The molecule has 0 rings (SSSR count). The van der Waals surface area contributed by atoms with Crippen molar-refractivity contribution in [2.24, 2.45) is 0 Å². The zero-order chi connectivity index (χ0) is 10.2. The third-order valence-corrected chi connectivity index (χ3v) is 6.82. The molecule has 0 spiro atoms. The second kappa shape index (κ2) is 7.76. The van der Waals surface area contributed by atoms with Gasteiger partial charge in [-0.05, 0) is 26.2 Å². The molecule has 13 heavy (non-hydrogen) atoms. The van der Waals surface area contributed by atoms with Crippen LogP contribution in [-0.4, -0.2) is 25.1 Å². The normalized spacial score (nSPS) is 12.0. The fourth-order valence-electron chi connectivity index (χ4n) is 1.75.